The van der Waals surface area contributed by atoms with E-state index in [-0.39, 0.29) is 24.7 Å². The molecule has 7 heteroatoms. The van der Waals surface area contributed by atoms with Crippen LogP contribution in [0.4, 0.5) is 5.69 Å². The monoisotopic (exact) mass is 456 g/mol. The van der Waals surface area contributed by atoms with Crippen LogP contribution in [0.2, 0.25) is 0 Å². The maximum Gasteiger partial charge on any atom is 0.248 e. The molecule has 2 aromatic rings. The number of ether oxygens (including phenoxy) is 1. The molecular weight excluding hydrogens is 436 g/mol. The number of methoxy groups -OCH3 is 1. The molecule has 1 aliphatic heterocycles. The van der Waals surface area contributed by atoms with E-state index in [1.807, 2.05) is 42.5 Å². The number of hydrogen-bond acceptors (Lipinski definition) is 4. The van der Waals surface area contributed by atoms with Crippen LogP contribution in [0.25, 0.3) is 6.08 Å². The normalized spacial score (nSPS) is 13.3. The summed E-state index contributed by atoms with van der Waals surface area (Å²) in [5, 5.41) is 2.57. The van der Waals surface area contributed by atoms with E-state index >= 15 is 0 Å². The summed E-state index contributed by atoms with van der Waals surface area (Å²) in [7, 11) is 1.60. The second-order valence-corrected chi connectivity index (χ2v) is 7.68. The van der Waals surface area contributed by atoms with Gasteiger partial charge in [-0.3, -0.25) is 14.4 Å². The highest BCUT2D eigenvalue weighted by Crippen LogP contribution is 2.32. The van der Waals surface area contributed by atoms with Gasteiger partial charge in [0.1, 0.15) is 11.5 Å². The Kier molecular flexibility index (Phi) is 6.49. The van der Waals surface area contributed by atoms with Gasteiger partial charge in [-0.15, -0.1) is 0 Å². The van der Waals surface area contributed by atoms with E-state index in [1.165, 1.54) is 6.92 Å². The van der Waals surface area contributed by atoms with Crippen LogP contribution < -0.4 is 15.0 Å². The van der Waals surface area contributed by atoms with Crippen molar-refractivity contribution in [3.05, 3.63) is 63.6 Å². The average molecular weight is 457 g/mol. The van der Waals surface area contributed by atoms with Gasteiger partial charge in [-0.25, -0.2) is 0 Å². The van der Waals surface area contributed by atoms with Gasteiger partial charge in [0.05, 0.1) is 32.3 Å². The Balaban J connectivity index is 1.93. The van der Waals surface area contributed by atoms with Crippen LogP contribution in [-0.4, -0.2) is 31.3 Å². The van der Waals surface area contributed by atoms with Crippen LogP contribution >= 0.6 is 15.9 Å². The van der Waals surface area contributed by atoms with Gasteiger partial charge in [-0.05, 0) is 48.4 Å². The van der Waals surface area contributed by atoms with E-state index in [9.17, 15) is 14.4 Å². The third-order valence-corrected chi connectivity index (χ3v) is 5.04. The van der Waals surface area contributed by atoms with Crippen LogP contribution in [0, 0.1) is 0 Å². The maximum atomic E-state index is 13.1. The SMILES string of the molecule is COc1ccc(CN2C(=O)CC(C(=O)NCC(C)=O)=Cc3ccc(Br)cc32)cc1. The third kappa shape index (κ3) is 5.12. The summed E-state index contributed by atoms with van der Waals surface area (Å²) in [6, 6.07) is 13.1. The van der Waals surface area contributed by atoms with Crippen molar-refractivity contribution < 1.29 is 19.1 Å². The first-order valence-electron chi connectivity index (χ1n) is 9.08. The fourth-order valence-electron chi connectivity index (χ4n) is 3.06. The Morgan fingerprint density at radius 3 is 2.55 bits per heavy atom. The van der Waals surface area contributed by atoms with Gasteiger partial charge >= 0.3 is 0 Å². The van der Waals surface area contributed by atoms with Gasteiger partial charge in [0.2, 0.25) is 11.8 Å². The van der Waals surface area contributed by atoms with Crippen molar-refractivity contribution in [1.29, 1.82) is 0 Å². The first-order valence-corrected chi connectivity index (χ1v) is 9.87. The molecule has 150 valence electrons. The van der Waals surface area contributed by atoms with Crippen molar-refractivity contribution >= 4 is 45.3 Å². The van der Waals surface area contributed by atoms with Crippen LogP contribution in [-0.2, 0) is 20.9 Å². The summed E-state index contributed by atoms with van der Waals surface area (Å²) in [5.41, 5.74) is 2.75. The lowest BCUT2D eigenvalue weighted by molar-refractivity contribution is -0.123. The van der Waals surface area contributed by atoms with E-state index in [2.05, 4.69) is 21.2 Å². The van der Waals surface area contributed by atoms with Gasteiger partial charge in [0.15, 0.2) is 0 Å². The molecule has 0 fully saturated rings. The minimum absolute atomic E-state index is 0.0494. The van der Waals surface area contributed by atoms with Crippen LogP contribution in [0.15, 0.2) is 52.5 Å². The Labute approximate surface area is 177 Å². The van der Waals surface area contributed by atoms with Gasteiger partial charge < -0.3 is 15.0 Å². The molecule has 3 rings (SSSR count). The van der Waals surface area contributed by atoms with E-state index in [0.717, 1.165) is 27.0 Å². The highest BCUT2D eigenvalue weighted by Gasteiger charge is 2.26. The highest BCUT2D eigenvalue weighted by molar-refractivity contribution is 9.10. The quantitative estimate of drug-likeness (QED) is 0.721. The molecule has 0 atom stereocenters. The molecule has 0 aromatic heterocycles. The molecule has 0 saturated carbocycles. The first-order chi connectivity index (χ1) is 13.9. The predicted molar refractivity (Wildman–Crippen MR) is 115 cm³/mol. The summed E-state index contributed by atoms with van der Waals surface area (Å²) in [5.74, 6) is -0.00912. The van der Waals surface area contributed by atoms with E-state index in [4.69, 9.17) is 4.74 Å². The van der Waals surface area contributed by atoms with Gasteiger partial charge in [-0.2, -0.15) is 0 Å². The number of hydrogen-bond donors (Lipinski definition) is 1. The van der Waals surface area contributed by atoms with Crippen molar-refractivity contribution in [2.45, 2.75) is 19.9 Å². The number of amides is 2. The topological polar surface area (TPSA) is 75.7 Å². The number of fused-ring (bicyclic) bond motifs is 1. The molecule has 0 aliphatic carbocycles. The number of rotatable bonds is 6. The largest absolute Gasteiger partial charge is 0.497 e. The fourth-order valence-corrected chi connectivity index (χ4v) is 3.40. The second kappa shape index (κ2) is 9.05. The molecule has 0 radical (unpaired) electrons. The Morgan fingerprint density at radius 2 is 1.90 bits per heavy atom. The third-order valence-electron chi connectivity index (χ3n) is 4.55. The minimum Gasteiger partial charge on any atom is -0.497 e. The lowest BCUT2D eigenvalue weighted by Crippen LogP contribution is -2.33. The molecular formula is C22H21BrN2O4. The molecule has 1 aliphatic rings. The number of Topliss-reactive ketones (excluding diaryl/α,β-unsaturated/α-hetero) is 1. The summed E-state index contributed by atoms with van der Waals surface area (Å²) in [4.78, 5) is 38.4. The van der Waals surface area contributed by atoms with Crippen LogP contribution in [0.3, 0.4) is 0 Å². The minimum atomic E-state index is -0.409. The number of nitrogens with zero attached hydrogens (tertiary/aromatic N) is 1. The molecule has 0 bridgehead atoms. The summed E-state index contributed by atoms with van der Waals surface area (Å²) in [6.45, 7) is 1.70. The van der Waals surface area contributed by atoms with E-state index in [0.29, 0.717) is 12.1 Å². The van der Waals surface area contributed by atoms with Crippen molar-refractivity contribution in [2.75, 3.05) is 18.6 Å². The number of nitrogens with one attached hydrogen (secondary N) is 1. The fraction of sp³-hybridized carbons (Fsp3) is 0.227. The molecule has 2 amide bonds. The van der Waals surface area contributed by atoms with Crippen molar-refractivity contribution in [2.24, 2.45) is 0 Å². The van der Waals surface area contributed by atoms with Crippen LogP contribution in [0.5, 0.6) is 5.75 Å². The zero-order valence-corrected chi connectivity index (χ0v) is 17.8. The average Bonchev–Trinajstić information content (AvgIpc) is 2.83. The first kappa shape index (κ1) is 20.8. The predicted octanol–water partition coefficient (Wildman–Crippen LogP) is 3.48. The maximum absolute atomic E-state index is 13.1. The number of carbonyl (C=O) groups excluding carboxylic acids is 3. The molecule has 29 heavy (non-hydrogen) atoms. The number of benzene rings is 2. The zero-order chi connectivity index (χ0) is 21.0. The second-order valence-electron chi connectivity index (χ2n) is 6.76. The standard InChI is InChI=1S/C22H21BrN2O4/c1-14(26)12-24-22(28)17-9-16-5-6-18(23)11-20(16)25(21(27)10-17)13-15-3-7-19(29-2)8-4-15/h3-9,11H,10,12-13H2,1-2H3,(H,24,28). The molecule has 1 N–H and O–H groups in total. The molecule has 0 unspecified atom stereocenters. The van der Waals surface area contributed by atoms with Crippen molar-refractivity contribution in [1.82, 2.24) is 5.32 Å². The van der Waals surface area contributed by atoms with E-state index in [1.54, 1.807) is 18.1 Å². The summed E-state index contributed by atoms with van der Waals surface area (Å²) >= 11 is 3.46. The lowest BCUT2D eigenvalue weighted by Gasteiger charge is -2.23. The molecule has 0 saturated heterocycles. The highest BCUT2D eigenvalue weighted by atomic mass is 79.9. The van der Waals surface area contributed by atoms with Crippen molar-refractivity contribution in [3.8, 4) is 5.75 Å². The number of halogens is 1. The number of carbonyl (C=O) groups is 3. The zero-order valence-electron chi connectivity index (χ0n) is 16.2. The smallest absolute Gasteiger partial charge is 0.248 e. The Bertz CT molecular complexity index is 983. The Morgan fingerprint density at radius 1 is 1.17 bits per heavy atom. The van der Waals surface area contributed by atoms with Gasteiger partial charge in [0, 0.05) is 10.0 Å². The number of anilines is 1. The molecule has 1 heterocycles. The van der Waals surface area contributed by atoms with Crippen LogP contribution in [0.1, 0.15) is 24.5 Å². The molecule has 6 nitrogen and oxygen atoms in total. The van der Waals surface area contributed by atoms with E-state index < -0.39 is 5.91 Å². The van der Waals surface area contributed by atoms with Crippen molar-refractivity contribution in [3.63, 3.8) is 0 Å². The summed E-state index contributed by atoms with van der Waals surface area (Å²) < 4.78 is 6.02. The van der Waals surface area contributed by atoms with Gasteiger partial charge in [-0.1, -0.05) is 34.1 Å². The molecule has 0 spiro atoms. The van der Waals surface area contributed by atoms with Gasteiger partial charge in [0.25, 0.3) is 0 Å². The molecule has 2 aromatic carbocycles. The lowest BCUT2D eigenvalue weighted by atomic mass is 10.1. The number of ketones is 1. The summed E-state index contributed by atoms with van der Waals surface area (Å²) in [6.07, 6.45) is 1.66. The Hall–Kier alpha value is -2.93.